The number of nitrogens with one attached hydrogen (secondary N) is 1. The summed E-state index contributed by atoms with van der Waals surface area (Å²) in [5, 5.41) is 5.50. The molecular formula is C26H29NO4. The smallest absolute Gasteiger partial charge is 0.336 e. The minimum absolute atomic E-state index is 0.0892. The second-order valence-electron chi connectivity index (χ2n) is 9.13. The lowest BCUT2D eigenvalue weighted by molar-refractivity contribution is -0.140. The summed E-state index contributed by atoms with van der Waals surface area (Å²) in [6, 6.07) is 14.1. The van der Waals surface area contributed by atoms with E-state index in [2.05, 4.69) is 19.2 Å². The second-order valence-corrected chi connectivity index (χ2v) is 9.13. The zero-order chi connectivity index (χ0) is 22.2. The van der Waals surface area contributed by atoms with Gasteiger partial charge in [0, 0.05) is 36.4 Å². The van der Waals surface area contributed by atoms with E-state index in [9.17, 15) is 9.59 Å². The van der Waals surface area contributed by atoms with Crippen molar-refractivity contribution in [1.82, 2.24) is 5.32 Å². The highest BCUT2D eigenvalue weighted by Gasteiger charge is 2.43. The molecule has 0 aromatic heterocycles. The van der Waals surface area contributed by atoms with E-state index < -0.39 is 11.9 Å². The van der Waals surface area contributed by atoms with Gasteiger partial charge in [0.15, 0.2) is 5.78 Å². The number of hydrogen-bond acceptors (Lipinski definition) is 5. The minimum Gasteiger partial charge on any atom is -0.460 e. The fourth-order valence-corrected chi connectivity index (χ4v) is 4.82. The van der Waals surface area contributed by atoms with Gasteiger partial charge in [-0.1, -0.05) is 56.3 Å². The molecule has 0 saturated carbocycles. The molecule has 0 saturated heterocycles. The Balaban J connectivity index is 1.89. The third-order valence-electron chi connectivity index (χ3n) is 6.11. The predicted molar refractivity (Wildman–Crippen MR) is 120 cm³/mol. The summed E-state index contributed by atoms with van der Waals surface area (Å²) < 4.78 is 10.5. The summed E-state index contributed by atoms with van der Waals surface area (Å²) in [4.78, 5) is 26.6. The van der Waals surface area contributed by atoms with Crippen LogP contribution in [0.4, 0.5) is 0 Å². The molecule has 162 valence electrons. The van der Waals surface area contributed by atoms with Crippen LogP contribution in [0, 0.1) is 5.41 Å². The first kappa shape index (κ1) is 21.3. The molecule has 31 heavy (non-hydrogen) atoms. The fraction of sp³-hybridized carbons (Fsp3) is 0.385. The standard InChI is InChI=1S/C26H29NO4/c1-16-22(25(29)31-13-12-30-4)23(19-11-7-9-17-8-5-6-10-18(17)19)24-20(27-16)14-26(2,3)15-21(24)28/h5-11,23,27H,12-15H2,1-4H3/t23-/m1/s1. The van der Waals surface area contributed by atoms with E-state index >= 15 is 0 Å². The number of esters is 1. The molecule has 2 aromatic rings. The topological polar surface area (TPSA) is 64.6 Å². The first-order chi connectivity index (χ1) is 14.8. The summed E-state index contributed by atoms with van der Waals surface area (Å²) in [5.74, 6) is -0.781. The summed E-state index contributed by atoms with van der Waals surface area (Å²) in [6.45, 7) is 6.60. The molecule has 5 heteroatoms. The third kappa shape index (κ3) is 4.02. The maximum absolute atomic E-state index is 13.4. The first-order valence-electron chi connectivity index (χ1n) is 10.7. The Morgan fingerprint density at radius 1 is 1.10 bits per heavy atom. The van der Waals surface area contributed by atoms with Crippen molar-refractivity contribution in [2.75, 3.05) is 20.3 Å². The van der Waals surface area contributed by atoms with Crippen molar-refractivity contribution in [2.45, 2.75) is 39.5 Å². The molecule has 1 heterocycles. The van der Waals surface area contributed by atoms with Crippen molar-refractivity contribution in [3.63, 3.8) is 0 Å². The molecule has 1 atom stereocenters. The fourth-order valence-electron chi connectivity index (χ4n) is 4.82. The molecule has 1 aliphatic carbocycles. The zero-order valence-corrected chi connectivity index (χ0v) is 18.6. The Kier molecular flexibility index (Phi) is 5.71. The lowest BCUT2D eigenvalue weighted by Crippen LogP contribution is -2.38. The number of methoxy groups -OCH3 is 1. The molecule has 0 spiro atoms. The highest BCUT2D eigenvalue weighted by Crippen LogP contribution is 2.48. The van der Waals surface area contributed by atoms with Crippen LogP contribution >= 0.6 is 0 Å². The van der Waals surface area contributed by atoms with Crippen LogP contribution < -0.4 is 5.32 Å². The van der Waals surface area contributed by atoms with Gasteiger partial charge in [-0.15, -0.1) is 0 Å². The maximum atomic E-state index is 13.4. The van der Waals surface area contributed by atoms with Crippen molar-refractivity contribution in [3.05, 3.63) is 70.6 Å². The average molecular weight is 420 g/mol. The summed E-state index contributed by atoms with van der Waals surface area (Å²) >= 11 is 0. The molecule has 5 nitrogen and oxygen atoms in total. The summed E-state index contributed by atoms with van der Waals surface area (Å²) in [5.41, 5.74) is 3.69. The molecule has 1 aliphatic heterocycles. The number of benzene rings is 2. The normalized spacial score (nSPS) is 20.5. The van der Waals surface area contributed by atoms with E-state index in [-0.39, 0.29) is 17.8 Å². The molecule has 2 aliphatic rings. The van der Waals surface area contributed by atoms with Gasteiger partial charge in [-0.3, -0.25) is 4.79 Å². The number of fused-ring (bicyclic) bond motifs is 1. The van der Waals surface area contributed by atoms with Gasteiger partial charge in [0.05, 0.1) is 12.2 Å². The van der Waals surface area contributed by atoms with Gasteiger partial charge >= 0.3 is 5.97 Å². The van der Waals surface area contributed by atoms with Gasteiger partial charge in [-0.2, -0.15) is 0 Å². The van der Waals surface area contributed by atoms with Crippen molar-refractivity contribution in [3.8, 4) is 0 Å². The van der Waals surface area contributed by atoms with Gasteiger partial charge in [0.25, 0.3) is 0 Å². The molecule has 0 radical (unpaired) electrons. The first-order valence-corrected chi connectivity index (χ1v) is 10.7. The third-order valence-corrected chi connectivity index (χ3v) is 6.11. The van der Waals surface area contributed by atoms with Crippen LogP contribution in [0.1, 0.15) is 45.1 Å². The van der Waals surface area contributed by atoms with Crippen LogP contribution in [0.2, 0.25) is 0 Å². The van der Waals surface area contributed by atoms with Crippen LogP contribution in [0.15, 0.2) is 65.0 Å². The van der Waals surface area contributed by atoms with Crippen LogP contribution in [0.5, 0.6) is 0 Å². The molecule has 0 amide bonds. The number of hydrogen-bond donors (Lipinski definition) is 1. The number of carbonyl (C=O) groups excluding carboxylic acids is 2. The molecular weight excluding hydrogens is 390 g/mol. The van der Waals surface area contributed by atoms with Gasteiger partial charge in [0.1, 0.15) is 6.61 Å². The quantitative estimate of drug-likeness (QED) is 0.565. The van der Waals surface area contributed by atoms with Crippen molar-refractivity contribution < 1.29 is 19.1 Å². The molecule has 0 bridgehead atoms. The average Bonchev–Trinajstić information content (AvgIpc) is 2.71. The second kappa shape index (κ2) is 8.31. The van der Waals surface area contributed by atoms with E-state index in [0.29, 0.717) is 24.2 Å². The van der Waals surface area contributed by atoms with Crippen molar-refractivity contribution >= 4 is 22.5 Å². The summed E-state index contributed by atoms with van der Waals surface area (Å²) in [6.07, 6.45) is 1.22. The monoisotopic (exact) mass is 419 g/mol. The molecule has 1 N–H and O–H groups in total. The lowest BCUT2D eigenvalue weighted by Gasteiger charge is -2.39. The number of carbonyl (C=O) groups is 2. The Labute approximate surface area is 183 Å². The van der Waals surface area contributed by atoms with Crippen LogP contribution in [0.3, 0.4) is 0 Å². The van der Waals surface area contributed by atoms with E-state index in [4.69, 9.17) is 9.47 Å². The van der Waals surface area contributed by atoms with Gasteiger partial charge in [-0.05, 0) is 35.1 Å². The number of ether oxygens (including phenoxy) is 2. The Morgan fingerprint density at radius 2 is 1.84 bits per heavy atom. The SMILES string of the molecule is COCCOC(=O)C1=C(C)NC2=C(C(=O)CC(C)(C)C2)[C@@H]1c1cccc2ccccc12. The minimum atomic E-state index is -0.457. The molecule has 2 aromatic carbocycles. The number of Topliss-reactive ketones (excluding diaryl/α,β-unsaturated/α-hetero) is 1. The van der Waals surface area contributed by atoms with Crippen LogP contribution in [0.25, 0.3) is 10.8 Å². The van der Waals surface area contributed by atoms with E-state index in [1.165, 1.54) is 0 Å². The number of rotatable bonds is 5. The van der Waals surface area contributed by atoms with Crippen molar-refractivity contribution in [1.29, 1.82) is 0 Å². The van der Waals surface area contributed by atoms with Gasteiger partial charge in [0.2, 0.25) is 0 Å². The molecule has 4 rings (SSSR count). The van der Waals surface area contributed by atoms with Gasteiger partial charge in [-0.25, -0.2) is 4.79 Å². The number of dihydropyridines is 1. The zero-order valence-electron chi connectivity index (χ0n) is 18.6. The van der Waals surface area contributed by atoms with Crippen LogP contribution in [-0.2, 0) is 19.1 Å². The van der Waals surface area contributed by atoms with E-state index in [1.807, 2.05) is 49.4 Å². The van der Waals surface area contributed by atoms with Crippen LogP contribution in [-0.4, -0.2) is 32.1 Å². The van der Waals surface area contributed by atoms with E-state index in [0.717, 1.165) is 34.2 Å². The Morgan fingerprint density at radius 3 is 2.61 bits per heavy atom. The predicted octanol–water partition coefficient (Wildman–Crippen LogP) is 4.63. The maximum Gasteiger partial charge on any atom is 0.336 e. The summed E-state index contributed by atoms with van der Waals surface area (Å²) in [7, 11) is 1.57. The number of allylic oxidation sites excluding steroid dienone is 3. The van der Waals surface area contributed by atoms with Gasteiger partial charge < -0.3 is 14.8 Å². The van der Waals surface area contributed by atoms with E-state index in [1.54, 1.807) is 7.11 Å². The highest BCUT2D eigenvalue weighted by atomic mass is 16.6. The number of ketones is 1. The highest BCUT2D eigenvalue weighted by molar-refractivity contribution is 6.05. The molecule has 0 unspecified atom stereocenters. The Hall–Kier alpha value is -2.92. The van der Waals surface area contributed by atoms with Crippen molar-refractivity contribution in [2.24, 2.45) is 5.41 Å². The molecule has 0 fully saturated rings. The lowest BCUT2D eigenvalue weighted by atomic mass is 9.68. The largest absolute Gasteiger partial charge is 0.460 e. The Bertz CT molecular complexity index is 1100.